The lowest BCUT2D eigenvalue weighted by Crippen LogP contribution is -2.07. The molecule has 10 heteroatoms. The minimum Gasteiger partial charge on any atom is -0.481 e. The molecule has 0 aliphatic heterocycles. The summed E-state index contributed by atoms with van der Waals surface area (Å²) in [6.45, 7) is 0. The number of methoxy groups -OCH3 is 1. The molecule has 0 aliphatic carbocycles. The molecule has 0 fully saturated rings. The molecule has 0 bridgehead atoms. The number of hydrogen-bond donors (Lipinski definition) is 0. The van der Waals surface area contributed by atoms with Crippen molar-refractivity contribution in [2.24, 2.45) is 0 Å². The number of rotatable bonds is 7. The summed E-state index contributed by atoms with van der Waals surface area (Å²) >= 11 is 0. The Morgan fingerprint density at radius 1 is 1.10 bits per heavy atom. The largest absolute Gasteiger partial charge is 0.481 e. The summed E-state index contributed by atoms with van der Waals surface area (Å²) in [5, 5.41) is 3.73. The van der Waals surface area contributed by atoms with Crippen molar-refractivity contribution in [1.29, 1.82) is 0 Å². The maximum atomic E-state index is 13.3. The minimum absolute atomic E-state index is 0.0843. The Balaban J connectivity index is 1.92. The monoisotopic (exact) mass is 439 g/mol. The quantitative estimate of drug-likeness (QED) is 0.558. The van der Waals surface area contributed by atoms with Gasteiger partial charge in [0.2, 0.25) is 5.88 Å². The van der Waals surface area contributed by atoms with Crippen LogP contribution in [0.25, 0.3) is 16.9 Å². The van der Waals surface area contributed by atoms with Gasteiger partial charge in [-0.25, -0.2) is 18.1 Å². The topological polar surface area (TPSA) is 74.1 Å². The maximum Gasteiger partial charge on any atom is 0.435 e. The zero-order valence-electron chi connectivity index (χ0n) is 16.3. The van der Waals surface area contributed by atoms with Crippen LogP contribution in [0.15, 0.2) is 48.7 Å². The van der Waals surface area contributed by atoms with Crippen LogP contribution >= 0.6 is 0 Å². The van der Waals surface area contributed by atoms with Gasteiger partial charge < -0.3 is 4.74 Å². The molecule has 0 aliphatic rings. The lowest BCUT2D eigenvalue weighted by atomic mass is 10.1. The van der Waals surface area contributed by atoms with Gasteiger partial charge in [-0.05, 0) is 30.5 Å². The first-order valence-corrected chi connectivity index (χ1v) is 11.1. The van der Waals surface area contributed by atoms with E-state index < -0.39 is 21.7 Å². The first-order chi connectivity index (χ1) is 14.1. The predicted molar refractivity (Wildman–Crippen MR) is 106 cm³/mol. The number of benzene rings is 1. The summed E-state index contributed by atoms with van der Waals surface area (Å²) in [5.41, 5.74) is 1.05. The molecule has 0 saturated heterocycles. The van der Waals surface area contributed by atoms with E-state index in [1.165, 1.54) is 24.2 Å². The van der Waals surface area contributed by atoms with Gasteiger partial charge in [-0.2, -0.15) is 18.3 Å². The fourth-order valence-corrected chi connectivity index (χ4v) is 3.59. The molecule has 0 atom stereocenters. The number of ether oxygens (including phenoxy) is 1. The average Bonchev–Trinajstić information content (AvgIpc) is 3.13. The Kier molecular flexibility index (Phi) is 6.16. The van der Waals surface area contributed by atoms with E-state index in [0.29, 0.717) is 30.0 Å². The van der Waals surface area contributed by atoms with E-state index in [0.717, 1.165) is 11.6 Å². The Morgan fingerprint density at radius 2 is 1.80 bits per heavy atom. The summed E-state index contributed by atoms with van der Waals surface area (Å²) in [5.74, 6) is 0.419. The molecule has 0 N–H and O–H groups in total. The molecule has 2 aromatic heterocycles. The maximum absolute atomic E-state index is 13.3. The molecule has 6 nitrogen and oxygen atoms in total. The Labute approximate surface area is 172 Å². The van der Waals surface area contributed by atoms with Crippen LogP contribution in [-0.4, -0.2) is 42.3 Å². The van der Waals surface area contributed by atoms with Crippen molar-refractivity contribution in [3.8, 4) is 22.8 Å². The number of halogens is 3. The predicted octanol–water partition coefficient (Wildman–Crippen LogP) is 3.94. The van der Waals surface area contributed by atoms with Gasteiger partial charge in [0, 0.05) is 17.9 Å². The highest BCUT2D eigenvalue weighted by atomic mass is 32.2. The van der Waals surface area contributed by atoms with Crippen molar-refractivity contribution in [3.63, 3.8) is 0 Å². The van der Waals surface area contributed by atoms with Crippen LogP contribution < -0.4 is 4.74 Å². The van der Waals surface area contributed by atoms with Gasteiger partial charge in [0.25, 0.3) is 0 Å². The van der Waals surface area contributed by atoms with Gasteiger partial charge in [-0.1, -0.05) is 24.3 Å². The van der Waals surface area contributed by atoms with Crippen molar-refractivity contribution < 1.29 is 26.3 Å². The van der Waals surface area contributed by atoms with Crippen LogP contribution in [0.4, 0.5) is 13.2 Å². The molecule has 0 radical (unpaired) electrons. The van der Waals surface area contributed by atoms with Crippen LogP contribution in [0.2, 0.25) is 0 Å². The second-order valence-corrected chi connectivity index (χ2v) is 9.07. The van der Waals surface area contributed by atoms with Crippen molar-refractivity contribution in [2.45, 2.75) is 19.0 Å². The van der Waals surface area contributed by atoms with Gasteiger partial charge in [-0.3, -0.25) is 0 Å². The number of pyridine rings is 1. The number of hydrogen-bond acceptors (Lipinski definition) is 5. The van der Waals surface area contributed by atoms with Gasteiger partial charge in [0.15, 0.2) is 5.69 Å². The number of aromatic nitrogens is 3. The Morgan fingerprint density at radius 3 is 2.33 bits per heavy atom. The molecule has 2 heterocycles. The fraction of sp³-hybridized carbons (Fsp3) is 0.300. The highest BCUT2D eigenvalue weighted by molar-refractivity contribution is 7.90. The molecular weight excluding hydrogens is 419 g/mol. The summed E-state index contributed by atoms with van der Waals surface area (Å²) in [4.78, 5) is 4.03. The highest BCUT2D eigenvalue weighted by Crippen LogP contribution is 2.33. The zero-order valence-corrected chi connectivity index (χ0v) is 17.2. The molecule has 3 rings (SSSR count). The lowest BCUT2D eigenvalue weighted by molar-refractivity contribution is -0.141. The first-order valence-electron chi connectivity index (χ1n) is 9.01. The van der Waals surface area contributed by atoms with E-state index >= 15 is 0 Å². The SMILES string of the molecule is COc1ccc(-n2nc(C(F)(F)F)cc2-c2ccc(CCCS(C)(=O)=O)cc2)cn1. The van der Waals surface area contributed by atoms with Crippen LogP contribution in [0.5, 0.6) is 5.88 Å². The van der Waals surface area contributed by atoms with Crippen LogP contribution in [-0.2, 0) is 22.4 Å². The zero-order chi connectivity index (χ0) is 21.9. The highest BCUT2D eigenvalue weighted by Gasteiger charge is 2.35. The summed E-state index contributed by atoms with van der Waals surface area (Å²) in [6.07, 6.45) is -0.987. The smallest absolute Gasteiger partial charge is 0.435 e. The van der Waals surface area contributed by atoms with Gasteiger partial charge in [-0.15, -0.1) is 0 Å². The molecule has 0 saturated carbocycles. The second kappa shape index (κ2) is 8.47. The van der Waals surface area contributed by atoms with E-state index in [2.05, 4.69) is 10.1 Å². The molecule has 0 spiro atoms. The van der Waals surface area contributed by atoms with E-state index in [1.807, 2.05) is 0 Å². The van der Waals surface area contributed by atoms with E-state index in [-0.39, 0.29) is 11.4 Å². The molecule has 1 aromatic carbocycles. The van der Waals surface area contributed by atoms with Crippen molar-refractivity contribution in [3.05, 3.63) is 59.9 Å². The van der Waals surface area contributed by atoms with E-state index in [4.69, 9.17) is 4.74 Å². The number of sulfone groups is 1. The molecule has 0 amide bonds. The number of alkyl halides is 3. The third-order valence-corrected chi connectivity index (χ3v) is 5.43. The number of nitrogens with zero attached hydrogens (tertiary/aromatic N) is 3. The van der Waals surface area contributed by atoms with Gasteiger partial charge in [0.05, 0.1) is 30.4 Å². The number of aryl methyl sites for hydroxylation is 1. The summed E-state index contributed by atoms with van der Waals surface area (Å²) in [7, 11) is -1.59. The minimum atomic E-state index is -4.59. The molecule has 0 unspecified atom stereocenters. The van der Waals surface area contributed by atoms with Crippen LogP contribution in [0.3, 0.4) is 0 Å². The third kappa shape index (κ3) is 5.38. The average molecular weight is 439 g/mol. The van der Waals surface area contributed by atoms with E-state index in [9.17, 15) is 21.6 Å². The molecule has 3 aromatic rings. The molecule has 160 valence electrons. The van der Waals surface area contributed by atoms with Crippen LogP contribution in [0, 0.1) is 0 Å². The Bertz CT molecular complexity index is 1110. The summed E-state index contributed by atoms with van der Waals surface area (Å²) in [6, 6.07) is 11.0. The van der Waals surface area contributed by atoms with Crippen molar-refractivity contribution >= 4 is 9.84 Å². The van der Waals surface area contributed by atoms with Gasteiger partial charge >= 0.3 is 6.18 Å². The summed E-state index contributed by atoms with van der Waals surface area (Å²) < 4.78 is 68.5. The standard InChI is InChI=1S/C20H20F3N3O3S/c1-29-19-10-9-16(13-24-19)26-17(12-18(25-26)20(21,22)23)15-7-5-14(6-8-15)4-3-11-30(2,27)28/h5-10,12-13H,3-4,11H2,1-2H3. The van der Waals surface area contributed by atoms with Crippen molar-refractivity contribution in [2.75, 3.05) is 19.1 Å². The van der Waals surface area contributed by atoms with E-state index in [1.54, 1.807) is 36.4 Å². The van der Waals surface area contributed by atoms with Gasteiger partial charge in [0.1, 0.15) is 9.84 Å². The third-order valence-electron chi connectivity index (χ3n) is 4.40. The lowest BCUT2D eigenvalue weighted by Gasteiger charge is -2.09. The van der Waals surface area contributed by atoms with Crippen LogP contribution in [0.1, 0.15) is 17.7 Å². The normalized spacial score (nSPS) is 12.2. The second-order valence-electron chi connectivity index (χ2n) is 6.81. The molecular formula is C20H20F3N3O3S. The van der Waals surface area contributed by atoms with Crippen molar-refractivity contribution in [1.82, 2.24) is 14.8 Å². The first kappa shape index (κ1) is 21.8. The Hall–Kier alpha value is -2.88. The molecule has 30 heavy (non-hydrogen) atoms. The fourth-order valence-electron chi connectivity index (χ4n) is 2.92.